The number of carbonyl (C=O) groups is 3. The molecule has 0 aliphatic heterocycles. The van der Waals surface area contributed by atoms with Crippen LogP contribution >= 0.6 is 0 Å². The van der Waals surface area contributed by atoms with E-state index in [0.717, 1.165) is 0 Å². The van der Waals surface area contributed by atoms with E-state index in [1.54, 1.807) is 48.5 Å². The normalized spacial score (nSPS) is 11.2. The molecule has 0 fully saturated rings. The van der Waals surface area contributed by atoms with Gasteiger partial charge in [-0.2, -0.15) is 0 Å². The maximum Gasteiger partial charge on any atom is 0.344 e. The molecule has 0 heterocycles. The molecular formula is C19H19NO6. The zero-order chi connectivity index (χ0) is 18.9. The van der Waals surface area contributed by atoms with Crippen molar-refractivity contribution >= 4 is 23.9 Å². The first-order valence-corrected chi connectivity index (χ1v) is 7.85. The molecule has 1 N–H and O–H groups in total. The van der Waals surface area contributed by atoms with Gasteiger partial charge >= 0.3 is 5.97 Å². The molecule has 0 spiro atoms. The van der Waals surface area contributed by atoms with Gasteiger partial charge in [0.05, 0.1) is 12.7 Å². The molecule has 0 saturated carbocycles. The van der Waals surface area contributed by atoms with Crippen molar-refractivity contribution in [1.29, 1.82) is 0 Å². The summed E-state index contributed by atoms with van der Waals surface area (Å²) in [6, 6.07) is 13.3. The van der Waals surface area contributed by atoms with Crippen LogP contribution in [0.3, 0.4) is 0 Å². The number of para-hydroxylation sites is 1. The lowest BCUT2D eigenvalue weighted by Crippen LogP contribution is -2.31. The maximum atomic E-state index is 12.1. The Morgan fingerprint density at radius 1 is 1.15 bits per heavy atom. The second-order valence-electron chi connectivity index (χ2n) is 5.30. The Morgan fingerprint density at radius 2 is 1.92 bits per heavy atom. The van der Waals surface area contributed by atoms with Gasteiger partial charge < -0.3 is 19.5 Å². The topological polar surface area (TPSA) is 90.9 Å². The fourth-order valence-electron chi connectivity index (χ4n) is 2.08. The second-order valence-corrected chi connectivity index (χ2v) is 5.30. The zero-order valence-electron chi connectivity index (χ0n) is 14.4. The third-order valence-corrected chi connectivity index (χ3v) is 3.41. The summed E-state index contributed by atoms with van der Waals surface area (Å²) in [6.45, 7) is 1.04. The summed E-state index contributed by atoms with van der Waals surface area (Å²) in [5, 5.41) is 2.63. The molecule has 1 amide bonds. The van der Waals surface area contributed by atoms with Gasteiger partial charge in [-0.15, -0.1) is 0 Å². The molecule has 0 bridgehead atoms. The van der Waals surface area contributed by atoms with E-state index in [0.29, 0.717) is 23.3 Å². The number of amides is 1. The average Bonchev–Trinajstić information content (AvgIpc) is 2.66. The summed E-state index contributed by atoms with van der Waals surface area (Å²) in [7, 11) is 1.52. The fourth-order valence-corrected chi connectivity index (χ4v) is 2.08. The number of aldehydes is 1. The minimum absolute atomic E-state index is 0.271. The van der Waals surface area contributed by atoms with Gasteiger partial charge in [0, 0.05) is 11.8 Å². The van der Waals surface area contributed by atoms with E-state index in [1.807, 2.05) is 0 Å². The van der Waals surface area contributed by atoms with Crippen LogP contribution < -0.4 is 14.8 Å². The molecule has 0 aliphatic rings. The molecular weight excluding hydrogens is 338 g/mol. The SMILES string of the molecule is COc1cccc(NC(=O)[C@H](C)OC(=O)COc2ccccc2C=O)c1. The van der Waals surface area contributed by atoms with Crippen molar-refractivity contribution in [1.82, 2.24) is 0 Å². The quantitative estimate of drug-likeness (QED) is 0.576. The first-order chi connectivity index (χ1) is 12.5. The largest absolute Gasteiger partial charge is 0.497 e. The third kappa shape index (κ3) is 5.34. The molecule has 136 valence electrons. The number of hydrogen-bond donors (Lipinski definition) is 1. The fraction of sp³-hybridized carbons (Fsp3) is 0.211. The van der Waals surface area contributed by atoms with Gasteiger partial charge in [-0.05, 0) is 31.2 Å². The van der Waals surface area contributed by atoms with Crippen LogP contribution in [-0.4, -0.2) is 38.0 Å². The number of nitrogens with one attached hydrogen (secondary N) is 1. The van der Waals surface area contributed by atoms with Crippen molar-refractivity contribution in [3.05, 3.63) is 54.1 Å². The van der Waals surface area contributed by atoms with Crippen LogP contribution in [0.15, 0.2) is 48.5 Å². The van der Waals surface area contributed by atoms with E-state index >= 15 is 0 Å². The van der Waals surface area contributed by atoms with Crippen LogP contribution in [0.25, 0.3) is 0 Å². The Labute approximate surface area is 150 Å². The van der Waals surface area contributed by atoms with Crippen molar-refractivity contribution in [3.63, 3.8) is 0 Å². The van der Waals surface area contributed by atoms with E-state index in [9.17, 15) is 14.4 Å². The van der Waals surface area contributed by atoms with Gasteiger partial charge in [0.15, 0.2) is 19.0 Å². The number of anilines is 1. The Morgan fingerprint density at radius 3 is 2.65 bits per heavy atom. The van der Waals surface area contributed by atoms with Crippen LogP contribution in [0.1, 0.15) is 17.3 Å². The van der Waals surface area contributed by atoms with Gasteiger partial charge in [-0.3, -0.25) is 9.59 Å². The molecule has 0 aliphatic carbocycles. The van der Waals surface area contributed by atoms with E-state index in [1.165, 1.54) is 14.0 Å². The lowest BCUT2D eigenvalue weighted by Gasteiger charge is -2.14. The van der Waals surface area contributed by atoms with Crippen molar-refractivity contribution in [3.8, 4) is 11.5 Å². The molecule has 1 atom stereocenters. The van der Waals surface area contributed by atoms with E-state index < -0.39 is 24.6 Å². The Hall–Kier alpha value is -3.35. The van der Waals surface area contributed by atoms with Crippen molar-refractivity contribution in [2.45, 2.75) is 13.0 Å². The first-order valence-electron chi connectivity index (χ1n) is 7.85. The average molecular weight is 357 g/mol. The highest BCUT2D eigenvalue weighted by Crippen LogP contribution is 2.17. The van der Waals surface area contributed by atoms with E-state index in [-0.39, 0.29) is 5.75 Å². The van der Waals surface area contributed by atoms with Gasteiger partial charge in [0.1, 0.15) is 11.5 Å². The molecule has 26 heavy (non-hydrogen) atoms. The monoisotopic (exact) mass is 357 g/mol. The van der Waals surface area contributed by atoms with Gasteiger partial charge in [-0.1, -0.05) is 18.2 Å². The maximum absolute atomic E-state index is 12.1. The molecule has 7 heteroatoms. The third-order valence-electron chi connectivity index (χ3n) is 3.41. The molecule has 2 aromatic rings. The Bertz CT molecular complexity index is 789. The van der Waals surface area contributed by atoms with Crippen LogP contribution in [0.2, 0.25) is 0 Å². The minimum Gasteiger partial charge on any atom is -0.497 e. The number of ether oxygens (including phenoxy) is 3. The molecule has 7 nitrogen and oxygen atoms in total. The van der Waals surface area contributed by atoms with Crippen LogP contribution in [0, 0.1) is 0 Å². The summed E-state index contributed by atoms with van der Waals surface area (Å²) in [4.78, 5) is 34.9. The molecule has 0 aromatic heterocycles. The van der Waals surface area contributed by atoms with Crippen LogP contribution in [0.4, 0.5) is 5.69 Å². The lowest BCUT2D eigenvalue weighted by atomic mass is 10.2. The lowest BCUT2D eigenvalue weighted by molar-refractivity contribution is -0.155. The summed E-state index contributed by atoms with van der Waals surface area (Å²) < 4.78 is 15.4. The number of carbonyl (C=O) groups excluding carboxylic acids is 3. The second kappa shape index (κ2) is 9.22. The van der Waals surface area contributed by atoms with Crippen molar-refractivity contribution in [2.24, 2.45) is 0 Å². The molecule has 2 aromatic carbocycles. The standard InChI is InChI=1S/C19H19NO6/c1-13(19(23)20-15-7-5-8-16(10-15)24-2)26-18(22)12-25-17-9-4-3-6-14(17)11-21/h3-11,13H,12H2,1-2H3,(H,20,23)/t13-/m0/s1. The predicted octanol–water partition coefficient (Wildman–Crippen LogP) is 2.46. The highest BCUT2D eigenvalue weighted by atomic mass is 16.6. The molecule has 0 unspecified atom stereocenters. The zero-order valence-corrected chi connectivity index (χ0v) is 14.4. The van der Waals surface area contributed by atoms with Gasteiger partial charge in [0.25, 0.3) is 5.91 Å². The Kier molecular flexibility index (Phi) is 6.73. The summed E-state index contributed by atoms with van der Waals surface area (Å²) >= 11 is 0. The highest BCUT2D eigenvalue weighted by Gasteiger charge is 2.18. The number of methoxy groups -OCH3 is 1. The van der Waals surface area contributed by atoms with Crippen molar-refractivity contribution < 1.29 is 28.6 Å². The van der Waals surface area contributed by atoms with Gasteiger partial charge in [0.2, 0.25) is 0 Å². The van der Waals surface area contributed by atoms with E-state index in [4.69, 9.17) is 14.2 Å². The summed E-state index contributed by atoms with van der Waals surface area (Å²) in [5.41, 5.74) is 0.845. The number of esters is 1. The number of rotatable bonds is 8. The predicted molar refractivity (Wildman–Crippen MR) is 94.5 cm³/mol. The number of hydrogen-bond acceptors (Lipinski definition) is 6. The first kappa shape index (κ1) is 19.0. The van der Waals surface area contributed by atoms with Crippen molar-refractivity contribution in [2.75, 3.05) is 19.0 Å². The molecule has 0 saturated heterocycles. The van der Waals surface area contributed by atoms with Crippen LogP contribution in [-0.2, 0) is 14.3 Å². The van der Waals surface area contributed by atoms with Crippen LogP contribution in [0.5, 0.6) is 11.5 Å². The number of benzene rings is 2. The van der Waals surface area contributed by atoms with Gasteiger partial charge in [-0.25, -0.2) is 4.79 Å². The summed E-state index contributed by atoms with van der Waals surface area (Å²) in [5.74, 6) is -0.346. The minimum atomic E-state index is -1.02. The molecule has 2 rings (SSSR count). The summed E-state index contributed by atoms with van der Waals surface area (Å²) in [6.07, 6.45) is -0.385. The Balaban J connectivity index is 1.85. The highest BCUT2D eigenvalue weighted by molar-refractivity contribution is 5.95. The smallest absolute Gasteiger partial charge is 0.344 e. The van der Waals surface area contributed by atoms with E-state index in [2.05, 4.69) is 5.32 Å². The molecule has 0 radical (unpaired) electrons.